The number of ether oxygens (including phenoxy) is 2. The van der Waals surface area contributed by atoms with Crippen LogP contribution in [0.2, 0.25) is 10.0 Å². The van der Waals surface area contributed by atoms with Gasteiger partial charge in [-0.2, -0.15) is 0 Å². The summed E-state index contributed by atoms with van der Waals surface area (Å²) in [4.78, 5) is 35.7. The molecule has 1 saturated heterocycles. The highest BCUT2D eigenvalue weighted by Crippen LogP contribution is 2.44. The van der Waals surface area contributed by atoms with Crippen molar-refractivity contribution in [1.82, 2.24) is 10.6 Å². The third-order valence-electron chi connectivity index (χ3n) is 3.65. The Morgan fingerprint density at radius 1 is 1.36 bits per heavy atom. The van der Waals surface area contributed by atoms with E-state index in [-0.39, 0.29) is 22.2 Å². The molecule has 3 rings (SSSR count). The highest BCUT2D eigenvalue weighted by molar-refractivity contribution is 6.42. The summed E-state index contributed by atoms with van der Waals surface area (Å²) in [6.07, 6.45) is -1.17. The fraction of sp³-hybridized carbons (Fsp3) is 0.308. The minimum Gasteiger partial charge on any atom is -0.478 e. The SMILES string of the molecule is COC(=O)C1CC2(NC(=O)NC2=O)c2cc(Cl)c(Cl)cc2O1. The summed E-state index contributed by atoms with van der Waals surface area (Å²) < 4.78 is 10.2. The van der Waals surface area contributed by atoms with E-state index in [4.69, 9.17) is 27.9 Å². The van der Waals surface area contributed by atoms with Gasteiger partial charge in [0.25, 0.3) is 5.91 Å². The van der Waals surface area contributed by atoms with Crippen molar-refractivity contribution in [1.29, 1.82) is 0 Å². The molecule has 22 heavy (non-hydrogen) atoms. The van der Waals surface area contributed by atoms with Crippen molar-refractivity contribution in [2.24, 2.45) is 0 Å². The van der Waals surface area contributed by atoms with Gasteiger partial charge in [0.1, 0.15) is 5.75 Å². The lowest BCUT2D eigenvalue weighted by molar-refractivity contribution is -0.151. The van der Waals surface area contributed by atoms with Crippen LogP contribution < -0.4 is 15.4 Å². The van der Waals surface area contributed by atoms with E-state index >= 15 is 0 Å². The molecule has 0 radical (unpaired) electrons. The number of hydrogen-bond donors (Lipinski definition) is 2. The average molecular weight is 345 g/mol. The van der Waals surface area contributed by atoms with Gasteiger partial charge >= 0.3 is 12.0 Å². The molecule has 1 aromatic rings. The number of rotatable bonds is 1. The summed E-state index contributed by atoms with van der Waals surface area (Å²) in [7, 11) is 1.20. The maximum absolute atomic E-state index is 12.3. The first-order valence-corrected chi connectivity index (χ1v) is 7.00. The van der Waals surface area contributed by atoms with Gasteiger partial charge in [-0.05, 0) is 6.07 Å². The summed E-state index contributed by atoms with van der Waals surface area (Å²) in [6, 6.07) is 2.18. The molecule has 0 aliphatic carbocycles. The monoisotopic (exact) mass is 344 g/mol. The second-order valence-corrected chi connectivity index (χ2v) is 5.72. The molecule has 1 fully saturated rings. The quantitative estimate of drug-likeness (QED) is 0.592. The van der Waals surface area contributed by atoms with Crippen molar-refractivity contribution >= 4 is 41.1 Å². The molecule has 1 aromatic carbocycles. The number of imide groups is 1. The summed E-state index contributed by atoms with van der Waals surface area (Å²) in [5.41, 5.74) is -1.11. The van der Waals surface area contributed by atoms with Gasteiger partial charge < -0.3 is 14.8 Å². The molecule has 2 aliphatic rings. The number of carbonyl (C=O) groups is 3. The Labute approximate surface area is 134 Å². The number of methoxy groups -OCH3 is 1. The lowest BCUT2D eigenvalue weighted by Gasteiger charge is -2.36. The number of halogens is 2. The van der Waals surface area contributed by atoms with E-state index in [2.05, 4.69) is 15.4 Å². The van der Waals surface area contributed by atoms with Gasteiger partial charge in [0.2, 0.25) is 0 Å². The van der Waals surface area contributed by atoms with E-state index in [9.17, 15) is 14.4 Å². The van der Waals surface area contributed by atoms with Crippen molar-refractivity contribution in [3.05, 3.63) is 27.7 Å². The Morgan fingerprint density at radius 3 is 2.64 bits per heavy atom. The molecule has 2 atom stereocenters. The van der Waals surface area contributed by atoms with Crippen molar-refractivity contribution in [3.8, 4) is 5.75 Å². The van der Waals surface area contributed by atoms with Gasteiger partial charge in [0.15, 0.2) is 11.6 Å². The summed E-state index contributed by atoms with van der Waals surface area (Å²) in [5.74, 6) is -1.06. The Balaban J connectivity index is 2.17. The first-order chi connectivity index (χ1) is 10.4. The van der Waals surface area contributed by atoms with Gasteiger partial charge in [-0.1, -0.05) is 23.2 Å². The smallest absolute Gasteiger partial charge is 0.347 e. The number of esters is 1. The number of benzene rings is 1. The number of fused-ring (bicyclic) bond motifs is 2. The summed E-state index contributed by atoms with van der Waals surface area (Å²) in [5, 5.41) is 5.10. The van der Waals surface area contributed by atoms with E-state index in [1.165, 1.54) is 19.2 Å². The topological polar surface area (TPSA) is 93.7 Å². The molecule has 116 valence electrons. The van der Waals surface area contributed by atoms with Crippen LogP contribution in [0.4, 0.5) is 4.79 Å². The summed E-state index contributed by atoms with van der Waals surface area (Å²) in [6.45, 7) is 0. The Hall–Kier alpha value is -1.99. The largest absolute Gasteiger partial charge is 0.478 e. The molecule has 0 aromatic heterocycles. The average Bonchev–Trinajstić information content (AvgIpc) is 2.74. The number of carbonyl (C=O) groups excluding carboxylic acids is 3. The van der Waals surface area contributed by atoms with Crippen LogP contribution in [-0.2, 0) is 19.9 Å². The Kier molecular flexibility index (Phi) is 3.41. The fourth-order valence-electron chi connectivity index (χ4n) is 2.63. The molecule has 0 bridgehead atoms. The molecule has 3 amide bonds. The fourth-order valence-corrected chi connectivity index (χ4v) is 2.95. The predicted molar refractivity (Wildman–Crippen MR) is 75.9 cm³/mol. The lowest BCUT2D eigenvalue weighted by atomic mass is 9.82. The standard InChI is InChI=1S/C13H10Cl2N2O5/c1-21-10(18)9-4-13(11(19)16-12(20)17-13)5-2-6(14)7(15)3-8(5)22-9/h2-3,9H,4H2,1H3,(H2,16,17,19,20). The third kappa shape index (κ3) is 2.08. The molecule has 2 aliphatic heterocycles. The van der Waals surface area contributed by atoms with Crippen LogP contribution in [0.3, 0.4) is 0 Å². The van der Waals surface area contributed by atoms with Crippen molar-refractivity contribution in [3.63, 3.8) is 0 Å². The lowest BCUT2D eigenvalue weighted by Crippen LogP contribution is -2.52. The van der Waals surface area contributed by atoms with E-state index in [0.717, 1.165) is 0 Å². The van der Waals surface area contributed by atoms with Gasteiger partial charge in [-0.15, -0.1) is 0 Å². The van der Waals surface area contributed by atoms with E-state index in [0.29, 0.717) is 5.56 Å². The molecular weight excluding hydrogens is 335 g/mol. The van der Waals surface area contributed by atoms with E-state index < -0.39 is 29.6 Å². The van der Waals surface area contributed by atoms with E-state index in [1.54, 1.807) is 0 Å². The molecule has 0 saturated carbocycles. The van der Waals surface area contributed by atoms with Crippen molar-refractivity contribution < 1.29 is 23.9 Å². The summed E-state index contributed by atoms with van der Waals surface area (Å²) >= 11 is 11.9. The number of hydrogen-bond acceptors (Lipinski definition) is 5. The molecule has 9 heteroatoms. The molecular formula is C13H10Cl2N2O5. The molecule has 2 heterocycles. The van der Waals surface area contributed by atoms with Crippen LogP contribution in [0.25, 0.3) is 0 Å². The zero-order valence-electron chi connectivity index (χ0n) is 11.2. The Morgan fingerprint density at radius 2 is 2.05 bits per heavy atom. The van der Waals surface area contributed by atoms with Gasteiger partial charge in [-0.25, -0.2) is 9.59 Å². The molecule has 2 N–H and O–H groups in total. The number of amides is 3. The highest BCUT2D eigenvalue weighted by Gasteiger charge is 2.55. The molecule has 2 unspecified atom stereocenters. The Bertz CT molecular complexity index is 708. The predicted octanol–water partition coefficient (Wildman–Crippen LogP) is 1.35. The highest BCUT2D eigenvalue weighted by atomic mass is 35.5. The van der Waals surface area contributed by atoms with Crippen molar-refractivity contribution in [2.45, 2.75) is 18.1 Å². The van der Waals surface area contributed by atoms with Crippen LogP contribution in [-0.4, -0.2) is 31.1 Å². The minimum atomic E-state index is -1.45. The normalized spacial score (nSPS) is 26.0. The zero-order valence-corrected chi connectivity index (χ0v) is 12.7. The van der Waals surface area contributed by atoms with Crippen LogP contribution in [0.15, 0.2) is 12.1 Å². The first kappa shape index (κ1) is 14.9. The third-order valence-corrected chi connectivity index (χ3v) is 4.37. The van der Waals surface area contributed by atoms with Crippen LogP contribution in [0.5, 0.6) is 5.75 Å². The maximum Gasteiger partial charge on any atom is 0.347 e. The van der Waals surface area contributed by atoms with Crippen LogP contribution in [0, 0.1) is 0 Å². The maximum atomic E-state index is 12.3. The van der Waals surface area contributed by atoms with Crippen LogP contribution in [0.1, 0.15) is 12.0 Å². The number of nitrogens with one attached hydrogen (secondary N) is 2. The van der Waals surface area contributed by atoms with Crippen LogP contribution >= 0.6 is 23.2 Å². The second-order valence-electron chi connectivity index (χ2n) is 4.91. The van der Waals surface area contributed by atoms with Gasteiger partial charge in [0.05, 0.1) is 17.2 Å². The minimum absolute atomic E-state index is 0.109. The van der Waals surface area contributed by atoms with E-state index in [1.807, 2.05) is 0 Å². The zero-order chi connectivity index (χ0) is 16.1. The number of urea groups is 1. The van der Waals surface area contributed by atoms with Crippen molar-refractivity contribution in [2.75, 3.05) is 7.11 Å². The molecule has 7 nitrogen and oxygen atoms in total. The second kappa shape index (κ2) is 5.03. The van der Waals surface area contributed by atoms with Gasteiger partial charge in [0, 0.05) is 18.1 Å². The van der Waals surface area contributed by atoms with Gasteiger partial charge in [-0.3, -0.25) is 10.1 Å². The molecule has 1 spiro atoms. The first-order valence-electron chi connectivity index (χ1n) is 6.25.